The van der Waals surface area contributed by atoms with Gasteiger partial charge in [-0.2, -0.15) is 0 Å². The van der Waals surface area contributed by atoms with Gasteiger partial charge in [-0.15, -0.1) is 0 Å². The summed E-state index contributed by atoms with van der Waals surface area (Å²) in [5.41, 5.74) is 1.66. The Hall–Kier alpha value is -3.93. The van der Waals surface area contributed by atoms with Crippen molar-refractivity contribution in [3.05, 3.63) is 95.6 Å². The predicted molar refractivity (Wildman–Crippen MR) is 121 cm³/mol. The number of rotatable bonds is 9. The molecule has 1 amide bonds. The summed E-state index contributed by atoms with van der Waals surface area (Å²) in [6.07, 6.45) is 0. The fourth-order valence-electron chi connectivity index (χ4n) is 3.12. The van der Waals surface area contributed by atoms with Crippen molar-refractivity contribution in [2.75, 3.05) is 19.7 Å². The Morgan fingerprint density at radius 2 is 1.22 bits per heavy atom. The first kappa shape index (κ1) is 22.7. The van der Waals surface area contributed by atoms with Crippen LogP contribution >= 0.6 is 0 Å². The standard InChI is InChI=1S/C26H25NO5/c1-3-27(4-2)26(30)21-12-14-22(15-13-21)31-18-24(28)32-23-16-10-20(11-17-23)25(29)19-8-6-5-7-9-19/h5-17H,3-4,18H2,1-2H3. The Bertz CT molecular complexity index is 1060. The average Bonchev–Trinajstić information content (AvgIpc) is 2.84. The highest BCUT2D eigenvalue weighted by atomic mass is 16.6. The normalized spacial score (nSPS) is 10.3. The molecule has 0 radical (unpaired) electrons. The summed E-state index contributed by atoms with van der Waals surface area (Å²) in [6, 6.07) is 22.0. The van der Waals surface area contributed by atoms with E-state index >= 15 is 0 Å². The zero-order valence-corrected chi connectivity index (χ0v) is 18.1. The molecule has 0 aliphatic heterocycles. The molecule has 0 aliphatic carbocycles. The molecule has 0 bridgehead atoms. The van der Waals surface area contributed by atoms with Crippen molar-refractivity contribution in [2.45, 2.75) is 13.8 Å². The third kappa shape index (κ3) is 5.82. The second-order valence-corrected chi connectivity index (χ2v) is 6.98. The molecule has 0 heterocycles. The zero-order chi connectivity index (χ0) is 22.9. The molecule has 32 heavy (non-hydrogen) atoms. The second-order valence-electron chi connectivity index (χ2n) is 6.98. The molecule has 0 aliphatic rings. The Morgan fingerprint density at radius 3 is 1.81 bits per heavy atom. The number of esters is 1. The maximum atomic E-state index is 12.4. The molecule has 0 unspecified atom stereocenters. The molecule has 0 spiro atoms. The van der Waals surface area contributed by atoms with Crippen molar-refractivity contribution in [3.63, 3.8) is 0 Å². The van der Waals surface area contributed by atoms with Gasteiger partial charge in [-0.05, 0) is 62.4 Å². The van der Waals surface area contributed by atoms with Crippen LogP contribution in [0.5, 0.6) is 11.5 Å². The van der Waals surface area contributed by atoms with Crippen LogP contribution in [0.4, 0.5) is 0 Å². The van der Waals surface area contributed by atoms with Crippen LogP contribution in [0.25, 0.3) is 0 Å². The lowest BCUT2D eigenvalue weighted by Crippen LogP contribution is -2.30. The van der Waals surface area contributed by atoms with E-state index in [0.29, 0.717) is 41.3 Å². The number of ether oxygens (including phenoxy) is 2. The third-order valence-corrected chi connectivity index (χ3v) is 4.89. The van der Waals surface area contributed by atoms with Crippen LogP contribution in [0.2, 0.25) is 0 Å². The van der Waals surface area contributed by atoms with Gasteiger partial charge in [0.15, 0.2) is 12.4 Å². The van der Waals surface area contributed by atoms with Gasteiger partial charge in [0, 0.05) is 29.8 Å². The lowest BCUT2D eigenvalue weighted by molar-refractivity contribution is -0.136. The second kappa shape index (κ2) is 10.9. The SMILES string of the molecule is CCN(CC)C(=O)c1ccc(OCC(=O)Oc2ccc(C(=O)c3ccccc3)cc2)cc1. The summed E-state index contributed by atoms with van der Waals surface area (Å²) in [4.78, 5) is 38.6. The molecule has 0 saturated carbocycles. The Labute approximate surface area is 187 Å². The average molecular weight is 431 g/mol. The fourth-order valence-corrected chi connectivity index (χ4v) is 3.12. The van der Waals surface area contributed by atoms with Gasteiger partial charge in [0.25, 0.3) is 5.91 Å². The lowest BCUT2D eigenvalue weighted by Gasteiger charge is -2.18. The van der Waals surface area contributed by atoms with E-state index in [2.05, 4.69) is 0 Å². The first-order valence-electron chi connectivity index (χ1n) is 10.4. The minimum Gasteiger partial charge on any atom is -0.482 e. The molecular formula is C26H25NO5. The summed E-state index contributed by atoms with van der Waals surface area (Å²) >= 11 is 0. The third-order valence-electron chi connectivity index (χ3n) is 4.89. The van der Waals surface area contributed by atoms with Gasteiger partial charge in [0.05, 0.1) is 0 Å². The van der Waals surface area contributed by atoms with Crippen LogP contribution in [-0.4, -0.2) is 42.3 Å². The summed E-state index contributed by atoms with van der Waals surface area (Å²) in [5.74, 6) is 0.0607. The van der Waals surface area contributed by atoms with E-state index in [1.165, 1.54) is 0 Å². The van der Waals surface area contributed by atoms with Gasteiger partial charge in [0.1, 0.15) is 11.5 Å². The van der Waals surface area contributed by atoms with Gasteiger partial charge in [-0.25, -0.2) is 4.79 Å². The molecule has 6 heteroatoms. The zero-order valence-electron chi connectivity index (χ0n) is 18.1. The molecule has 0 fully saturated rings. The van der Waals surface area contributed by atoms with Gasteiger partial charge in [-0.1, -0.05) is 30.3 Å². The molecule has 0 aromatic heterocycles. The molecule has 0 N–H and O–H groups in total. The number of hydrogen-bond donors (Lipinski definition) is 0. The summed E-state index contributed by atoms with van der Waals surface area (Å²) in [7, 11) is 0. The Kier molecular flexibility index (Phi) is 7.75. The van der Waals surface area contributed by atoms with E-state index in [9.17, 15) is 14.4 Å². The molecule has 0 atom stereocenters. The van der Waals surface area contributed by atoms with E-state index in [-0.39, 0.29) is 18.3 Å². The number of benzene rings is 3. The predicted octanol–water partition coefficient (Wildman–Crippen LogP) is 4.38. The highest BCUT2D eigenvalue weighted by Gasteiger charge is 2.13. The number of nitrogens with zero attached hydrogens (tertiary/aromatic N) is 1. The molecule has 6 nitrogen and oxygen atoms in total. The van der Waals surface area contributed by atoms with Gasteiger partial charge < -0.3 is 14.4 Å². The maximum Gasteiger partial charge on any atom is 0.349 e. The topological polar surface area (TPSA) is 72.9 Å². The minimum absolute atomic E-state index is 0.0462. The van der Waals surface area contributed by atoms with E-state index in [0.717, 1.165) is 0 Å². The summed E-state index contributed by atoms with van der Waals surface area (Å²) in [5, 5.41) is 0. The van der Waals surface area contributed by atoms with Crippen LogP contribution in [-0.2, 0) is 4.79 Å². The van der Waals surface area contributed by atoms with Gasteiger partial charge in [-0.3, -0.25) is 9.59 Å². The fraction of sp³-hybridized carbons (Fsp3) is 0.192. The Morgan fingerprint density at radius 1 is 0.688 bits per heavy atom. The highest BCUT2D eigenvalue weighted by molar-refractivity contribution is 6.09. The maximum absolute atomic E-state index is 12.4. The van der Waals surface area contributed by atoms with E-state index in [4.69, 9.17) is 9.47 Å². The van der Waals surface area contributed by atoms with Crippen molar-refractivity contribution in [1.29, 1.82) is 0 Å². The smallest absolute Gasteiger partial charge is 0.349 e. The summed E-state index contributed by atoms with van der Waals surface area (Å²) in [6.45, 7) is 4.86. The van der Waals surface area contributed by atoms with Crippen LogP contribution in [0.15, 0.2) is 78.9 Å². The molecule has 3 rings (SSSR count). The monoisotopic (exact) mass is 431 g/mol. The summed E-state index contributed by atoms with van der Waals surface area (Å²) < 4.78 is 10.7. The van der Waals surface area contributed by atoms with Crippen molar-refractivity contribution in [2.24, 2.45) is 0 Å². The van der Waals surface area contributed by atoms with Crippen LogP contribution < -0.4 is 9.47 Å². The number of ketones is 1. The molecule has 3 aromatic rings. The number of carbonyl (C=O) groups excluding carboxylic acids is 3. The Balaban J connectivity index is 1.51. The van der Waals surface area contributed by atoms with Crippen molar-refractivity contribution < 1.29 is 23.9 Å². The van der Waals surface area contributed by atoms with Crippen LogP contribution in [0.1, 0.15) is 40.1 Å². The highest BCUT2D eigenvalue weighted by Crippen LogP contribution is 2.17. The minimum atomic E-state index is -0.574. The molecule has 0 saturated heterocycles. The molecular weight excluding hydrogens is 406 g/mol. The first-order chi connectivity index (χ1) is 15.5. The molecule has 164 valence electrons. The quantitative estimate of drug-likeness (QED) is 0.286. The first-order valence-corrected chi connectivity index (χ1v) is 10.4. The number of hydrogen-bond acceptors (Lipinski definition) is 5. The largest absolute Gasteiger partial charge is 0.482 e. The lowest BCUT2D eigenvalue weighted by atomic mass is 10.0. The van der Waals surface area contributed by atoms with E-state index in [1.807, 2.05) is 19.9 Å². The van der Waals surface area contributed by atoms with Crippen molar-refractivity contribution >= 4 is 17.7 Å². The number of amides is 1. The van der Waals surface area contributed by atoms with Gasteiger partial charge in [0.2, 0.25) is 0 Å². The van der Waals surface area contributed by atoms with E-state index in [1.54, 1.807) is 77.7 Å². The van der Waals surface area contributed by atoms with Crippen molar-refractivity contribution in [1.82, 2.24) is 4.90 Å². The van der Waals surface area contributed by atoms with Crippen LogP contribution in [0, 0.1) is 0 Å². The molecule has 3 aromatic carbocycles. The van der Waals surface area contributed by atoms with Crippen LogP contribution in [0.3, 0.4) is 0 Å². The van der Waals surface area contributed by atoms with Crippen molar-refractivity contribution in [3.8, 4) is 11.5 Å². The van der Waals surface area contributed by atoms with Gasteiger partial charge >= 0.3 is 5.97 Å². The van der Waals surface area contributed by atoms with E-state index < -0.39 is 5.97 Å². The number of carbonyl (C=O) groups is 3.